The van der Waals surface area contributed by atoms with Gasteiger partial charge in [-0.1, -0.05) is 36.4 Å². The summed E-state index contributed by atoms with van der Waals surface area (Å²) in [6.07, 6.45) is 3.45. The van der Waals surface area contributed by atoms with E-state index in [0.29, 0.717) is 6.54 Å². The van der Waals surface area contributed by atoms with Crippen LogP contribution in [0.4, 0.5) is 14.5 Å². The molecule has 0 radical (unpaired) electrons. The van der Waals surface area contributed by atoms with Gasteiger partial charge in [-0.25, -0.2) is 8.78 Å². The Morgan fingerprint density at radius 1 is 0.960 bits per heavy atom. The van der Waals surface area contributed by atoms with Gasteiger partial charge in [-0.05, 0) is 43.5 Å². The molecule has 0 bridgehead atoms. The zero-order valence-electron chi connectivity index (χ0n) is 14.4. The van der Waals surface area contributed by atoms with Crippen molar-refractivity contribution in [3.8, 4) is 0 Å². The van der Waals surface area contributed by atoms with Crippen LogP contribution >= 0.6 is 0 Å². The zero-order chi connectivity index (χ0) is 17.8. The van der Waals surface area contributed by atoms with Crippen molar-refractivity contribution in [1.29, 1.82) is 0 Å². The number of hydrogen-bond donors (Lipinski definition) is 0. The fourth-order valence-electron chi connectivity index (χ4n) is 3.21. The van der Waals surface area contributed by atoms with Crippen LogP contribution in [-0.2, 0) is 11.2 Å². The monoisotopic (exact) mass is 341 g/mol. The van der Waals surface area contributed by atoms with Gasteiger partial charge in [0.15, 0.2) is 0 Å². The van der Waals surface area contributed by atoms with Gasteiger partial charge in [0.05, 0.1) is 7.11 Å². The van der Waals surface area contributed by atoms with Crippen molar-refractivity contribution in [1.82, 2.24) is 0 Å². The number of aryl methyl sites for hydroxylation is 1. The first kappa shape index (κ1) is 17.2. The van der Waals surface area contributed by atoms with Crippen LogP contribution in [0.1, 0.15) is 18.9 Å². The van der Waals surface area contributed by atoms with E-state index in [-0.39, 0.29) is 5.69 Å². The molecule has 25 heavy (non-hydrogen) atoms. The Balaban J connectivity index is 1.92. The zero-order valence-corrected chi connectivity index (χ0v) is 14.4. The maximum Gasteiger partial charge on any atom is 0.149 e. The molecule has 0 atom stereocenters. The normalized spacial score (nSPS) is 14.6. The van der Waals surface area contributed by atoms with Crippen molar-refractivity contribution in [2.75, 3.05) is 18.6 Å². The molecule has 0 unspecified atom stereocenters. The molecule has 0 saturated heterocycles. The first-order valence-corrected chi connectivity index (χ1v) is 8.31. The number of rotatable bonds is 5. The fraction of sp³-hybridized carbons (Fsp3) is 0.238. The molecule has 4 heteroatoms. The summed E-state index contributed by atoms with van der Waals surface area (Å²) in [5.74, 6) is -0.339. The number of anilines is 1. The molecule has 0 saturated carbocycles. The Hall–Kier alpha value is -2.62. The molecule has 130 valence electrons. The lowest BCUT2D eigenvalue weighted by atomic mass is 9.98. The third-order valence-corrected chi connectivity index (χ3v) is 4.53. The quantitative estimate of drug-likeness (QED) is 0.739. The van der Waals surface area contributed by atoms with Crippen molar-refractivity contribution < 1.29 is 13.5 Å². The van der Waals surface area contributed by atoms with Crippen LogP contribution in [0.25, 0.3) is 0 Å². The number of allylic oxidation sites excluding steroid dienone is 2. The van der Waals surface area contributed by atoms with E-state index in [4.69, 9.17) is 4.74 Å². The Labute approximate surface area is 147 Å². The van der Waals surface area contributed by atoms with Gasteiger partial charge >= 0.3 is 0 Å². The van der Waals surface area contributed by atoms with E-state index in [0.717, 1.165) is 29.9 Å². The molecule has 0 N–H and O–H groups in total. The molecule has 1 aliphatic heterocycles. The molecular formula is C21H21F2NO. The van der Waals surface area contributed by atoms with Gasteiger partial charge in [0.2, 0.25) is 0 Å². The maximum atomic E-state index is 14.2. The first-order valence-electron chi connectivity index (χ1n) is 8.31. The molecule has 0 aliphatic carbocycles. The summed E-state index contributed by atoms with van der Waals surface area (Å²) in [4.78, 5) is 1.67. The summed E-state index contributed by atoms with van der Waals surface area (Å²) in [6.45, 7) is 2.26. The van der Waals surface area contributed by atoms with Gasteiger partial charge in [0.1, 0.15) is 23.1 Å². The van der Waals surface area contributed by atoms with E-state index in [1.54, 1.807) is 12.0 Å². The lowest BCUT2D eigenvalue weighted by molar-refractivity contribution is 0.294. The number of hydrogen-bond acceptors (Lipinski definition) is 2. The van der Waals surface area contributed by atoms with E-state index in [1.165, 1.54) is 23.8 Å². The lowest BCUT2D eigenvalue weighted by Gasteiger charge is -2.32. The van der Waals surface area contributed by atoms with Crippen molar-refractivity contribution in [3.63, 3.8) is 0 Å². The predicted molar refractivity (Wildman–Crippen MR) is 96.3 cm³/mol. The van der Waals surface area contributed by atoms with Crippen LogP contribution in [0.2, 0.25) is 0 Å². The maximum absolute atomic E-state index is 14.2. The van der Waals surface area contributed by atoms with Crippen LogP contribution in [-0.4, -0.2) is 13.7 Å². The molecule has 0 amide bonds. The largest absolute Gasteiger partial charge is 0.497 e. The second kappa shape index (κ2) is 7.51. The van der Waals surface area contributed by atoms with Gasteiger partial charge in [-0.3, -0.25) is 0 Å². The minimum Gasteiger partial charge on any atom is -0.497 e. The molecule has 1 aliphatic rings. The average molecular weight is 341 g/mol. The van der Waals surface area contributed by atoms with Gasteiger partial charge in [0.25, 0.3) is 0 Å². The summed E-state index contributed by atoms with van der Waals surface area (Å²) in [5, 5.41) is 0. The molecule has 0 aromatic heterocycles. The van der Waals surface area contributed by atoms with E-state index >= 15 is 0 Å². The summed E-state index contributed by atoms with van der Waals surface area (Å²) < 4.78 is 33.9. The Kier molecular flexibility index (Phi) is 5.17. The van der Waals surface area contributed by atoms with Gasteiger partial charge in [-0.15, -0.1) is 0 Å². The number of benzene rings is 2. The van der Waals surface area contributed by atoms with Crippen LogP contribution in [0.5, 0.6) is 0 Å². The van der Waals surface area contributed by atoms with Crippen molar-refractivity contribution in [3.05, 3.63) is 88.8 Å². The molecule has 2 aromatic carbocycles. The topological polar surface area (TPSA) is 12.5 Å². The van der Waals surface area contributed by atoms with Crippen molar-refractivity contribution in [2.24, 2.45) is 0 Å². The third kappa shape index (κ3) is 3.58. The van der Waals surface area contributed by atoms with Crippen LogP contribution < -0.4 is 4.90 Å². The molecule has 0 spiro atoms. The number of nitrogens with zero attached hydrogens (tertiary/aromatic N) is 1. The number of methoxy groups -OCH3 is 1. The number of halogens is 2. The standard InChI is InChI=1S/C21H21F2NO/c1-15-17(12-11-16-7-4-3-5-8-16)20(25-2)13-14-24(15)21-18(22)9-6-10-19(21)23/h3-10,13H,11-12,14H2,1-2H3. The smallest absolute Gasteiger partial charge is 0.149 e. The van der Waals surface area contributed by atoms with Gasteiger partial charge < -0.3 is 9.64 Å². The summed E-state index contributed by atoms with van der Waals surface area (Å²) in [5.41, 5.74) is 3.00. The minimum absolute atomic E-state index is 0.0105. The van der Waals surface area contributed by atoms with Crippen molar-refractivity contribution in [2.45, 2.75) is 19.8 Å². The van der Waals surface area contributed by atoms with Crippen LogP contribution in [0, 0.1) is 11.6 Å². The van der Waals surface area contributed by atoms with Gasteiger partial charge in [0, 0.05) is 17.8 Å². The second-order valence-electron chi connectivity index (χ2n) is 6.00. The highest BCUT2D eigenvalue weighted by atomic mass is 19.1. The summed E-state index contributed by atoms with van der Waals surface area (Å²) >= 11 is 0. The first-order chi connectivity index (χ1) is 12.1. The fourth-order valence-corrected chi connectivity index (χ4v) is 3.21. The minimum atomic E-state index is -0.559. The highest BCUT2D eigenvalue weighted by Gasteiger charge is 2.24. The van der Waals surface area contributed by atoms with E-state index in [9.17, 15) is 8.78 Å². The second-order valence-corrected chi connectivity index (χ2v) is 6.00. The van der Waals surface area contributed by atoms with Crippen LogP contribution in [0.15, 0.2) is 71.6 Å². The number of para-hydroxylation sites is 1. The Morgan fingerprint density at radius 3 is 2.28 bits per heavy atom. The predicted octanol–water partition coefficient (Wildman–Crippen LogP) is 5.22. The lowest BCUT2D eigenvalue weighted by Crippen LogP contribution is -2.28. The SMILES string of the molecule is COC1=CCN(c2c(F)cccc2F)C(C)=C1CCc1ccccc1. The highest BCUT2D eigenvalue weighted by Crippen LogP contribution is 2.34. The highest BCUT2D eigenvalue weighted by molar-refractivity contribution is 5.58. The average Bonchev–Trinajstić information content (AvgIpc) is 2.62. The van der Waals surface area contributed by atoms with Gasteiger partial charge in [-0.2, -0.15) is 0 Å². The van der Waals surface area contributed by atoms with E-state index in [2.05, 4.69) is 12.1 Å². The molecular weight excluding hydrogens is 320 g/mol. The number of ether oxygens (including phenoxy) is 1. The Morgan fingerprint density at radius 2 is 1.64 bits per heavy atom. The van der Waals surface area contributed by atoms with Crippen LogP contribution in [0.3, 0.4) is 0 Å². The van der Waals surface area contributed by atoms with Crippen molar-refractivity contribution >= 4 is 5.69 Å². The third-order valence-electron chi connectivity index (χ3n) is 4.53. The Bertz CT molecular complexity index is 792. The molecule has 1 heterocycles. The van der Waals surface area contributed by atoms with E-state index in [1.807, 2.05) is 31.2 Å². The molecule has 2 nitrogen and oxygen atoms in total. The van der Waals surface area contributed by atoms with E-state index < -0.39 is 11.6 Å². The molecule has 3 rings (SSSR count). The molecule has 0 fully saturated rings. The molecule has 2 aromatic rings. The summed E-state index contributed by atoms with van der Waals surface area (Å²) in [7, 11) is 1.63. The summed E-state index contributed by atoms with van der Waals surface area (Å²) in [6, 6.07) is 14.1.